The molecule has 0 fully saturated rings. The quantitative estimate of drug-likeness (QED) is 0.549. The summed E-state index contributed by atoms with van der Waals surface area (Å²) in [5, 5.41) is 13.5. The fourth-order valence-corrected chi connectivity index (χ4v) is 3.04. The van der Waals surface area contributed by atoms with Gasteiger partial charge in [-0.3, -0.25) is 4.68 Å². The van der Waals surface area contributed by atoms with Gasteiger partial charge in [0.2, 0.25) is 0 Å². The number of rotatable bonds is 7. The predicted octanol–water partition coefficient (Wildman–Crippen LogP) is 4.85. The Labute approximate surface area is 167 Å². The molecule has 144 valence electrons. The molecule has 0 amide bonds. The van der Waals surface area contributed by atoms with Crippen molar-refractivity contribution >= 4 is 33.7 Å². The highest BCUT2D eigenvalue weighted by atomic mass is 79.9. The second-order valence-electron chi connectivity index (χ2n) is 5.05. The third-order valence-electron chi connectivity index (χ3n) is 3.37. The van der Waals surface area contributed by atoms with Crippen LogP contribution < -0.4 is 4.74 Å². The summed E-state index contributed by atoms with van der Waals surface area (Å²) in [5.74, 6) is 0.0189. The van der Waals surface area contributed by atoms with Crippen LogP contribution in [-0.4, -0.2) is 22.5 Å². The van der Waals surface area contributed by atoms with E-state index in [4.69, 9.17) is 26.5 Å². The maximum Gasteiger partial charge on any atom is 0.387 e. The minimum atomic E-state index is -2.95. The van der Waals surface area contributed by atoms with Gasteiger partial charge < -0.3 is 4.74 Å². The van der Waals surface area contributed by atoms with Crippen LogP contribution in [0.1, 0.15) is 25.5 Å². The number of aromatic nitrogens is 2. The van der Waals surface area contributed by atoms with Crippen molar-refractivity contribution in [2.24, 2.45) is 0 Å². The Balaban J connectivity index is 0.00000114. The first kappa shape index (κ1) is 22.8. The molecule has 6 nitrogen and oxygen atoms in total. The first-order valence-electron chi connectivity index (χ1n) is 7.75. The van der Waals surface area contributed by atoms with E-state index < -0.39 is 6.61 Å². The fourth-order valence-electron chi connectivity index (χ4n) is 2.33. The van der Waals surface area contributed by atoms with E-state index in [0.717, 1.165) is 0 Å². The molecule has 0 N–H and O–H groups in total. The molecule has 2 rings (SSSR count). The van der Waals surface area contributed by atoms with Crippen LogP contribution in [0.2, 0.25) is 5.02 Å². The lowest BCUT2D eigenvalue weighted by atomic mass is 10.1. The topological polar surface area (TPSA) is 85.0 Å². The highest BCUT2D eigenvalue weighted by molar-refractivity contribution is 9.10. The Morgan fingerprint density at radius 1 is 1.41 bits per heavy atom. The summed E-state index contributed by atoms with van der Waals surface area (Å²) in [5.41, 5.74) is 1.64. The number of unbranched alkanes of at least 4 members (excludes halogenated alkanes) is 1. The van der Waals surface area contributed by atoms with Crippen LogP contribution in [0.3, 0.4) is 0 Å². The van der Waals surface area contributed by atoms with Crippen molar-refractivity contribution in [3.8, 4) is 23.1 Å². The molecule has 0 spiro atoms. The van der Waals surface area contributed by atoms with E-state index in [2.05, 4.69) is 31.8 Å². The number of alkyl halides is 2. The van der Waals surface area contributed by atoms with Gasteiger partial charge in [0.15, 0.2) is 0 Å². The second kappa shape index (κ2) is 11.4. The molecule has 27 heavy (non-hydrogen) atoms. The Kier molecular flexibility index (Phi) is 9.65. The Bertz CT molecular complexity index is 847. The molecule has 0 radical (unpaired) electrons. The minimum absolute atomic E-state index is 0.0189. The normalized spacial score (nSPS) is 9.96. The molecular weight excluding hydrogens is 448 g/mol. The monoisotopic (exact) mass is 461 g/mol. The van der Waals surface area contributed by atoms with Gasteiger partial charge in [0.25, 0.3) is 0 Å². The Morgan fingerprint density at radius 2 is 2.07 bits per heavy atom. The lowest BCUT2D eigenvalue weighted by molar-refractivity contribution is -0.191. The van der Waals surface area contributed by atoms with Crippen LogP contribution in [0, 0.1) is 11.3 Å². The molecule has 0 saturated heterocycles. The summed E-state index contributed by atoms with van der Waals surface area (Å²) in [6, 6.07) is 6.92. The molecule has 0 bridgehead atoms. The van der Waals surface area contributed by atoms with Crippen molar-refractivity contribution in [2.75, 3.05) is 0 Å². The summed E-state index contributed by atoms with van der Waals surface area (Å²) >= 11 is 9.67. The third-order valence-corrected chi connectivity index (χ3v) is 4.26. The summed E-state index contributed by atoms with van der Waals surface area (Å²) in [4.78, 5) is 16.2. The van der Waals surface area contributed by atoms with Gasteiger partial charge in [-0.05, 0) is 31.0 Å². The van der Waals surface area contributed by atoms with Gasteiger partial charge in [-0.2, -0.15) is 28.7 Å². The standard InChI is InChI=1S/C16H15BrClF2N3O.CO2/c1-2-12-14(18)15(23(22-12)8-4-3-7-21)11-6-5-10(17)9-13(11)24-16(19)20;2-1-3/h5-6,9,16H,2-4,8H2,1H3;. The average molecular weight is 463 g/mol. The Hall–Kier alpha value is -2.27. The fraction of sp³-hybridized carbons (Fsp3) is 0.353. The number of nitriles is 1. The SMILES string of the molecule is CCc1nn(CCCC#N)c(-c2ccc(Br)cc2OC(F)F)c1Cl.O=C=O. The molecule has 0 aliphatic heterocycles. The van der Waals surface area contributed by atoms with Crippen LogP contribution in [0.5, 0.6) is 5.75 Å². The molecule has 0 saturated carbocycles. The molecule has 0 aliphatic carbocycles. The van der Waals surface area contributed by atoms with Crippen LogP contribution >= 0.6 is 27.5 Å². The zero-order chi connectivity index (χ0) is 20.4. The van der Waals surface area contributed by atoms with Gasteiger partial charge in [0.1, 0.15) is 5.75 Å². The molecular formula is C17H15BrClF2N3O3. The van der Waals surface area contributed by atoms with Gasteiger partial charge in [-0.25, -0.2) is 0 Å². The second-order valence-corrected chi connectivity index (χ2v) is 6.34. The number of aryl methyl sites for hydroxylation is 2. The smallest absolute Gasteiger partial charge is 0.387 e. The van der Waals surface area contributed by atoms with E-state index in [0.29, 0.717) is 52.3 Å². The van der Waals surface area contributed by atoms with Crippen LogP contribution in [0.15, 0.2) is 22.7 Å². The molecule has 1 aromatic heterocycles. The molecule has 2 aromatic rings. The molecule has 0 unspecified atom stereocenters. The molecule has 10 heteroatoms. The lowest BCUT2D eigenvalue weighted by Gasteiger charge is -2.13. The number of carbonyl (C=O) groups excluding carboxylic acids is 2. The number of nitrogens with zero attached hydrogens (tertiary/aromatic N) is 3. The van der Waals surface area contributed by atoms with E-state index in [1.54, 1.807) is 16.8 Å². The van der Waals surface area contributed by atoms with Crippen molar-refractivity contribution in [3.05, 3.63) is 33.4 Å². The molecule has 0 aliphatic rings. The number of benzene rings is 1. The predicted molar refractivity (Wildman–Crippen MR) is 96.2 cm³/mol. The van der Waals surface area contributed by atoms with Gasteiger partial charge in [-0.1, -0.05) is 34.5 Å². The minimum Gasteiger partial charge on any atom is -0.434 e. The van der Waals surface area contributed by atoms with E-state index in [1.807, 2.05) is 6.92 Å². The molecule has 1 heterocycles. The third kappa shape index (κ3) is 6.43. The van der Waals surface area contributed by atoms with E-state index >= 15 is 0 Å². The maximum absolute atomic E-state index is 12.7. The highest BCUT2D eigenvalue weighted by Crippen LogP contribution is 2.39. The van der Waals surface area contributed by atoms with Gasteiger partial charge in [0, 0.05) is 23.0 Å². The largest absolute Gasteiger partial charge is 0.434 e. The highest BCUT2D eigenvalue weighted by Gasteiger charge is 2.21. The summed E-state index contributed by atoms with van der Waals surface area (Å²) < 4.78 is 32.4. The van der Waals surface area contributed by atoms with Crippen molar-refractivity contribution in [1.82, 2.24) is 9.78 Å². The maximum atomic E-state index is 12.7. The van der Waals surface area contributed by atoms with E-state index in [9.17, 15) is 8.78 Å². The number of hydrogen-bond donors (Lipinski definition) is 0. The first-order chi connectivity index (χ1) is 12.9. The van der Waals surface area contributed by atoms with Crippen molar-refractivity contribution in [1.29, 1.82) is 5.26 Å². The van der Waals surface area contributed by atoms with Gasteiger partial charge in [-0.15, -0.1) is 0 Å². The van der Waals surface area contributed by atoms with Crippen LogP contribution in [0.4, 0.5) is 8.78 Å². The van der Waals surface area contributed by atoms with E-state index in [-0.39, 0.29) is 11.9 Å². The summed E-state index contributed by atoms with van der Waals surface area (Å²) in [6.07, 6.45) is 1.82. The molecule has 1 aromatic carbocycles. The van der Waals surface area contributed by atoms with Gasteiger partial charge >= 0.3 is 12.8 Å². The summed E-state index contributed by atoms with van der Waals surface area (Å²) in [6.45, 7) is -0.569. The van der Waals surface area contributed by atoms with Crippen LogP contribution in [0.25, 0.3) is 11.3 Å². The van der Waals surface area contributed by atoms with Crippen molar-refractivity contribution in [3.63, 3.8) is 0 Å². The lowest BCUT2D eigenvalue weighted by Crippen LogP contribution is -2.06. The first-order valence-corrected chi connectivity index (χ1v) is 8.92. The van der Waals surface area contributed by atoms with Crippen molar-refractivity contribution < 1.29 is 23.1 Å². The average Bonchev–Trinajstić information content (AvgIpc) is 2.91. The molecule has 0 atom stereocenters. The van der Waals surface area contributed by atoms with E-state index in [1.165, 1.54) is 6.07 Å². The summed E-state index contributed by atoms with van der Waals surface area (Å²) in [7, 11) is 0. The Morgan fingerprint density at radius 3 is 2.63 bits per heavy atom. The number of ether oxygens (including phenoxy) is 1. The number of halogens is 4. The zero-order valence-electron chi connectivity index (χ0n) is 14.2. The van der Waals surface area contributed by atoms with Crippen LogP contribution in [-0.2, 0) is 22.6 Å². The van der Waals surface area contributed by atoms with Gasteiger partial charge in [0.05, 0.1) is 22.5 Å². The van der Waals surface area contributed by atoms with Crippen molar-refractivity contribution in [2.45, 2.75) is 39.3 Å². The zero-order valence-corrected chi connectivity index (χ0v) is 16.6. The number of hydrogen-bond acceptors (Lipinski definition) is 5.